The van der Waals surface area contributed by atoms with Crippen molar-refractivity contribution in [3.8, 4) is 0 Å². The minimum Gasteiger partial charge on any atom is -0.342 e. The zero-order valence-corrected chi connectivity index (χ0v) is 12.3. The summed E-state index contributed by atoms with van der Waals surface area (Å²) < 4.78 is 0. The molecule has 3 unspecified atom stereocenters. The van der Waals surface area contributed by atoms with Gasteiger partial charge in [0, 0.05) is 24.4 Å². The Kier molecular flexibility index (Phi) is 6.34. The highest BCUT2D eigenvalue weighted by Gasteiger charge is 2.29. The first kappa shape index (κ1) is 14.8. The number of carbonyl (C=O) groups is 1. The van der Waals surface area contributed by atoms with Crippen LogP contribution in [-0.2, 0) is 4.79 Å². The van der Waals surface area contributed by atoms with E-state index in [-0.39, 0.29) is 11.9 Å². The smallest absolute Gasteiger partial charge is 0.239 e. The zero-order valence-electron chi connectivity index (χ0n) is 11.5. The Hall–Kier alpha value is -0.220. The highest BCUT2D eigenvalue weighted by molar-refractivity contribution is 7.99. The largest absolute Gasteiger partial charge is 0.342 e. The molecular weight excluding hydrogens is 232 g/mol. The summed E-state index contributed by atoms with van der Waals surface area (Å²) in [5.41, 5.74) is 0. The lowest BCUT2D eigenvalue weighted by atomic mass is 10.2. The van der Waals surface area contributed by atoms with Gasteiger partial charge in [-0.15, -0.1) is 0 Å². The summed E-state index contributed by atoms with van der Waals surface area (Å²) in [4.78, 5) is 14.0. The van der Waals surface area contributed by atoms with Gasteiger partial charge >= 0.3 is 0 Å². The molecule has 0 heterocycles. The summed E-state index contributed by atoms with van der Waals surface area (Å²) in [6.07, 6.45) is 5.95. The fourth-order valence-corrected chi connectivity index (χ4v) is 3.55. The van der Waals surface area contributed by atoms with E-state index in [0.717, 1.165) is 13.1 Å². The highest BCUT2D eigenvalue weighted by Crippen LogP contribution is 2.28. The quantitative estimate of drug-likeness (QED) is 0.792. The summed E-state index contributed by atoms with van der Waals surface area (Å²) in [6, 6.07) is 0.465. The number of amides is 1. The minimum absolute atomic E-state index is 0.0485. The van der Waals surface area contributed by atoms with Crippen molar-refractivity contribution >= 4 is 17.7 Å². The number of nitrogens with zero attached hydrogens (tertiary/aromatic N) is 1. The van der Waals surface area contributed by atoms with Crippen molar-refractivity contribution in [1.82, 2.24) is 10.2 Å². The molecule has 0 aromatic carbocycles. The molecule has 0 aliphatic heterocycles. The molecular formula is C13H26N2OS. The van der Waals surface area contributed by atoms with Crippen LogP contribution in [-0.4, -0.2) is 47.5 Å². The molecule has 1 saturated carbocycles. The zero-order chi connectivity index (χ0) is 12.8. The lowest BCUT2D eigenvalue weighted by molar-refractivity contribution is -0.132. The maximum Gasteiger partial charge on any atom is 0.239 e. The summed E-state index contributed by atoms with van der Waals surface area (Å²) in [5, 5.41) is 4.20. The van der Waals surface area contributed by atoms with Gasteiger partial charge in [-0.25, -0.2) is 0 Å². The monoisotopic (exact) mass is 258 g/mol. The first-order valence-electron chi connectivity index (χ1n) is 6.71. The van der Waals surface area contributed by atoms with Crippen LogP contribution in [0.2, 0.25) is 0 Å². The van der Waals surface area contributed by atoms with Gasteiger partial charge in [0.15, 0.2) is 0 Å². The van der Waals surface area contributed by atoms with Crippen molar-refractivity contribution in [2.24, 2.45) is 0 Å². The Bertz CT molecular complexity index is 244. The van der Waals surface area contributed by atoms with Crippen molar-refractivity contribution < 1.29 is 4.79 Å². The third kappa shape index (κ3) is 3.88. The van der Waals surface area contributed by atoms with Gasteiger partial charge in [0.25, 0.3) is 0 Å². The molecule has 1 amide bonds. The SMILES string of the molecule is CCN(CC)C(=O)C(C)NC1CCCC1SC. The first-order chi connectivity index (χ1) is 8.13. The molecule has 1 aliphatic carbocycles. The van der Waals surface area contributed by atoms with Gasteiger partial charge in [-0.1, -0.05) is 6.42 Å². The summed E-state index contributed by atoms with van der Waals surface area (Å²) in [6.45, 7) is 7.68. The third-order valence-corrected chi connectivity index (χ3v) is 4.83. The van der Waals surface area contributed by atoms with Gasteiger partial charge in [0.05, 0.1) is 6.04 Å². The molecule has 1 N–H and O–H groups in total. The van der Waals surface area contributed by atoms with E-state index in [1.165, 1.54) is 19.3 Å². The van der Waals surface area contributed by atoms with Crippen LogP contribution in [0.15, 0.2) is 0 Å². The molecule has 0 radical (unpaired) electrons. The van der Waals surface area contributed by atoms with Gasteiger partial charge in [0.2, 0.25) is 5.91 Å². The lowest BCUT2D eigenvalue weighted by Crippen LogP contribution is -2.49. The topological polar surface area (TPSA) is 32.3 Å². The standard InChI is InChI=1S/C13H26N2OS/c1-5-15(6-2)13(16)10(3)14-11-8-7-9-12(11)17-4/h10-12,14H,5-9H2,1-4H3. The van der Waals surface area contributed by atoms with Gasteiger partial charge in [-0.2, -0.15) is 11.8 Å². The van der Waals surface area contributed by atoms with Crippen LogP contribution in [0.1, 0.15) is 40.0 Å². The van der Waals surface area contributed by atoms with Gasteiger partial charge < -0.3 is 10.2 Å². The summed E-state index contributed by atoms with van der Waals surface area (Å²) in [7, 11) is 0. The Balaban J connectivity index is 2.47. The van der Waals surface area contributed by atoms with Crippen molar-refractivity contribution in [3.63, 3.8) is 0 Å². The number of nitrogens with one attached hydrogen (secondary N) is 1. The first-order valence-corrected chi connectivity index (χ1v) is 8.00. The molecule has 3 nitrogen and oxygen atoms in total. The van der Waals surface area contributed by atoms with Crippen LogP contribution >= 0.6 is 11.8 Å². The molecule has 17 heavy (non-hydrogen) atoms. The van der Waals surface area contributed by atoms with E-state index in [1.54, 1.807) is 0 Å². The molecule has 100 valence electrons. The van der Waals surface area contributed by atoms with Crippen LogP contribution in [0.3, 0.4) is 0 Å². The summed E-state index contributed by atoms with van der Waals surface area (Å²) in [5.74, 6) is 0.238. The molecule has 0 spiro atoms. The van der Waals surface area contributed by atoms with Crippen molar-refractivity contribution in [2.45, 2.75) is 57.4 Å². The lowest BCUT2D eigenvalue weighted by Gasteiger charge is -2.27. The van der Waals surface area contributed by atoms with E-state index in [9.17, 15) is 4.79 Å². The predicted molar refractivity (Wildman–Crippen MR) is 75.5 cm³/mol. The van der Waals surface area contributed by atoms with E-state index in [1.807, 2.05) is 37.4 Å². The minimum atomic E-state index is -0.0485. The van der Waals surface area contributed by atoms with Crippen molar-refractivity contribution in [3.05, 3.63) is 0 Å². The van der Waals surface area contributed by atoms with E-state index in [0.29, 0.717) is 11.3 Å². The molecule has 0 aromatic rings. The molecule has 3 atom stereocenters. The maximum atomic E-state index is 12.1. The Morgan fingerprint density at radius 1 is 1.41 bits per heavy atom. The number of carbonyl (C=O) groups excluding carboxylic acids is 1. The normalized spacial score (nSPS) is 25.9. The average molecular weight is 258 g/mol. The molecule has 0 bridgehead atoms. The van der Waals surface area contributed by atoms with Crippen LogP contribution in [0.4, 0.5) is 0 Å². The second-order valence-corrected chi connectivity index (χ2v) is 5.79. The highest BCUT2D eigenvalue weighted by atomic mass is 32.2. The van der Waals surface area contributed by atoms with E-state index in [4.69, 9.17) is 0 Å². The Labute approximate surface area is 110 Å². The predicted octanol–water partition coefficient (Wildman–Crippen LogP) is 2.12. The van der Waals surface area contributed by atoms with Gasteiger partial charge in [-0.3, -0.25) is 4.79 Å². The fourth-order valence-electron chi connectivity index (χ4n) is 2.60. The number of hydrogen-bond donors (Lipinski definition) is 1. The van der Waals surface area contributed by atoms with Crippen molar-refractivity contribution in [1.29, 1.82) is 0 Å². The van der Waals surface area contributed by atoms with E-state index in [2.05, 4.69) is 11.6 Å². The van der Waals surface area contributed by atoms with Crippen LogP contribution < -0.4 is 5.32 Å². The van der Waals surface area contributed by atoms with Crippen LogP contribution in [0, 0.1) is 0 Å². The number of thioether (sulfide) groups is 1. The van der Waals surface area contributed by atoms with E-state index < -0.39 is 0 Å². The maximum absolute atomic E-state index is 12.1. The number of rotatable bonds is 6. The number of likely N-dealkylation sites (N-methyl/N-ethyl adjacent to an activating group) is 1. The number of hydrogen-bond acceptors (Lipinski definition) is 3. The molecule has 1 fully saturated rings. The molecule has 1 aliphatic rings. The van der Waals surface area contributed by atoms with Crippen molar-refractivity contribution in [2.75, 3.05) is 19.3 Å². The van der Waals surface area contributed by atoms with Crippen LogP contribution in [0.5, 0.6) is 0 Å². The second kappa shape index (κ2) is 7.27. The summed E-state index contributed by atoms with van der Waals surface area (Å²) >= 11 is 1.93. The second-order valence-electron chi connectivity index (χ2n) is 4.71. The van der Waals surface area contributed by atoms with Gasteiger partial charge in [-0.05, 0) is 39.9 Å². The molecule has 0 saturated heterocycles. The van der Waals surface area contributed by atoms with E-state index >= 15 is 0 Å². The van der Waals surface area contributed by atoms with Crippen LogP contribution in [0.25, 0.3) is 0 Å². The molecule has 0 aromatic heterocycles. The Morgan fingerprint density at radius 2 is 2.06 bits per heavy atom. The molecule has 4 heteroatoms. The Morgan fingerprint density at radius 3 is 2.59 bits per heavy atom. The fraction of sp³-hybridized carbons (Fsp3) is 0.923. The average Bonchev–Trinajstić information content (AvgIpc) is 2.77. The molecule has 1 rings (SSSR count). The van der Waals surface area contributed by atoms with Gasteiger partial charge in [0.1, 0.15) is 0 Å². The third-order valence-electron chi connectivity index (χ3n) is 3.66.